The summed E-state index contributed by atoms with van der Waals surface area (Å²) in [5.41, 5.74) is 6.11. The van der Waals surface area contributed by atoms with Crippen LogP contribution >= 0.6 is 0 Å². The first-order valence-corrected chi connectivity index (χ1v) is 7.16. The van der Waals surface area contributed by atoms with E-state index < -0.39 is 12.0 Å². The highest BCUT2D eigenvalue weighted by molar-refractivity contribution is 5.94. The van der Waals surface area contributed by atoms with Crippen molar-refractivity contribution < 1.29 is 19.5 Å². The van der Waals surface area contributed by atoms with Crippen LogP contribution in [0.3, 0.4) is 0 Å². The predicted octanol–water partition coefficient (Wildman–Crippen LogP) is 2.01. The molecule has 0 aromatic heterocycles. The molecule has 5 N–H and O–H groups in total. The molecule has 0 heterocycles. The normalized spacial score (nSPS) is 20.9. The van der Waals surface area contributed by atoms with E-state index in [1.54, 1.807) is 24.3 Å². The van der Waals surface area contributed by atoms with Gasteiger partial charge in [-0.1, -0.05) is 6.07 Å². The zero-order chi connectivity index (χ0) is 16.1. The topological polar surface area (TPSA) is 122 Å². The first-order chi connectivity index (χ1) is 10.5. The molecule has 0 radical (unpaired) electrons. The molecule has 1 aliphatic carbocycles. The van der Waals surface area contributed by atoms with Crippen LogP contribution in [0, 0.1) is 11.8 Å². The summed E-state index contributed by atoms with van der Waals surface area (Å²) in [5.74, 6) is -1.43. The minimum absolute atomic E-state index is 0.125. The fraction of sp³-hybridized carbons (Fsp3) is 0.400. The predicted molar refractivity (Wildman–Crippen MR) is 81.4 cm³/mol. The Morgan fingerprint density at radius 2 is 1.55 bits per heavy atom. The maximum Gasteiger partial charge on any atom is 0.316 e. The Morgan fingerprint density at radius 1 is 1.00 bits per heavy atom. The Kier molecular flexibility index (Phi) is 4.98. The number of hydrogen-bond acceptors (Lipinski definition) is 3. The van der Waals surface area contributed by atoms with Gasteiger partial charge in [0.15, 0.2) is 0 Å². The third-order valence-electron chi connectivity index (χ3n) is 3.84. The molecule has 2 rings (SSSR count). The van der Waals surface area contributed by atoms with E-state index in [-0.39, 0.29) is 17.7 Å². The van der Waals surface area contributed by atoms with Crippen molar-refractivity contribution in [2.75, 3.05) is 10.6 Å². The number of nitrogens with two attached hydrogens (primary N) is 1. The second-order valence-corrected chi connectivity index (χ2v) is 5.45. The van der Waals surface area contributed by atoms with Gasteiger partial charge in [-0.05, 0) is 43.9 Å². The van der Waals surface area contributed by atoms with Crippen LogP contribution in [0.2, 0.25) is 0 Å². The fourth-order valence-electron chi connectivity index (χ4n) is 2.66. The zero-order valence-electron chi connectivity index (χ0n) is 12.0. The lowest BCUT2D eigenvalue weighted by Crippen LogP contribution is -2.29. The number of primary amides is 1. The molecule has 0 aliphatic heterocycles. The highest BCUT2D eigenvalue weighted by atomic mass is 16.4. The summed E-state index contributed by atoms with van der Waals surface area (Å²) in [7, 11) is 0. The van der Waals surface area contributed by atoms with Crippen molar-refractivity contribution >= 4 is 29.3 Å². The molecule has 118 valence electrons. The number of amides is 3. The average molecular weight is 305 g/mol. The lowest BCUT2D eigenvalue weighted by Gasteiger charge is -2.25. The Hall–Kier alpha value is -2.57. The van der Waals surface area contributed by atoms with Crippen molar-refractivity contribution in [2.24, 2.45) is 17.6 Å². The molecule has 1 fully saturated rings. The van der Waals surface area contributed by atoms with Crippen molar-refractivity contribution in [3.8, 4) is 0 Å². The quantitative estimate of drug-likeness (QED) is 0.679. The summed E-state index contributed by atoms with van der Waals surface area (Å²) in [6, 6.07) is 6.02. The van der Waals surface area contributed by atoms with Gasteiger partial charge < -0.3 is 21.5 Å². The number of carboxylic acid groups (broad SMARTS) is 1. The second-order valence-electron chi connectivity index (χ2n) is 5.45. The molecule has 0 spiro atoms. The van der Waals surface area contributed by atoms with Gasteiger partial charge in [-0.3, -0.25) is 9.59 Å². The molecule has 0 saturated heterocycles. The van der Waals surface area contributed by atoms with Gasteiger partial charge in [0.25, 0.3) is 0 Å². The van der Waals surface area contributed by atoms with E-state index in [1.807, 2.05) is 0 Å². The minimum atomic E-state index is -0.788. The Labute approximate surface area is 127 Å². The summed E-state index contributed by atoms with van der Waals surface area (Å²) in [4.78, 5) is 33.9. The monoisotopic (exact) mass is 305 g/mol. The van der Waals surface area contributed by atoms with Crippen molar-refractivity contribution in [2.45, 2.75) is 25.7 Å². The lowest BCUT2D eigenvalue weighted by atomic mass is 9.81. The van der Waals surface area contributed by atoms with E-state index in [0.717, 1.165) is 0 Å². The van der Waals surface area contributed by atoms with Gasteiger partial charge in [0, 0.05) is 17.3 Å². The van der Waals surface area contributed by atoms with Crippen LogP contribution in [0.15, 0.2) is 24.3 Å². The van der Waals surface area contributed by atoms with Gasteiger partial charge in [-0.15, -0.1) is 0 Å². The molecule has 0 bridgehead atoms. The number of anilines is 2. The number of carbonyl (C=O) groups excluding carboxylic acids is 2. The summed E-state index contributed by atoms with van der Waals surface area (Å²) >= 11 is 0. The molecule has 0 unspecified atom stereocenters. The van der Waals surface area contributed by atoms with Crippen LogP contribution in [0.25, 0.3) is 0 Å². The Balaban J connectivity index is 1.92. The van der Waals surface area contributed by atoms with Crippen molar-refractivity contribution in [3.63, 3.8) is 0 Å². The average Bonchev–Trinajstić information content (AvgIpc) is 2.47. The van der Waals surface area contributed by atoms with Crippen molar-refractivity contribution in [1.29, 1.82) is 0 Å². The van der Waals surface area contributed by atoms with Gasteiger partial charge >= 0.3 is 12.0 Å². The number of nitrogens with one attached hydrogen (secondary N) is 2. The number of aliphatic carboxylic acids is 1. The highest BCUT2D eigenvalue weighted by Crippen LogP contribution is 2.30. The zero-order valence-corrected chi connectivity index (χ0v) is 12.0. The second kappa shape index (κ2) is 6.93. The largest absolute Gasteiger partial charge is 0.481 e. The summed E-state index contributed by atoms with van der Waals surface area (Å²) in [6.45, 7) is 0. The Bertz CT molecular complexity index is 580. The van der Waals surface area contributed by atoms with E-state index >= 15 is 0 Å². The molecule has 7 heteroatoms. The van der Waals surface area contributed by atoms with Gasteiger partial charge in [0.1, 0.15) is 0 Å². The maximum absolute atomic E-state index is 12.2. The van der Waals surface area contributed by atoms with E-state index in [4.69, 9.17) is 10.8 Å². The van der Waals surface area contributed by atoms with Gasteiger partial charge in [0.05, 0.1) is 5.92 Å². The molecule has 7 nitrogen and oxygen atoms in total. The third kappa shape index (κ3) is 4.21. The molecule has 22 heavy (non-hydrogen) atoms. The Morgan fingerprint density at radius 3 is 2.09 bits per heavy atom. The summed E-state index contributed by atoms with van der Waals surface area (Å²) in [5, 5.41) is 14.2. The van der Waals surface area contributed by atoms with Crippen LogP contribution in [-0.4, -0.2) is 23.0 Å². The fourth-order valence-corrected chi connectivity index (χ4v) is 2.66. The van der Waals surface area contributed by atoms with Crippen LogP contribution in [-0.2, 0) is 9.59 Å². The van der Waals surface area contributed by atoms with Gasteiger partial charge in [0.2, 0.25) is 5.91 Å². The van der Waals surface area contributed by atoms with Gasteiger partial charge in [-0.25, -0.2) is 4.79 Å². The molecule has 1 aromatic carbocycles. The molecule has 1 saturated carbocycles. The van der Waals surface area contributed by atoms with Crippen LogP contribution in [0.4, 0.5) is 16.2 Å². The molecule has 3 amide bonds. The minimum Gasteiger partial charge on any atom is -0.481 e. The smallest absolute Gasteiger partial charge is 0.316 e. The summed E-state index contributed by atoms with van der Waals surface area (Å²) in [6.07, 6.45) is 2.19. The molecule has 0 atom stereocenters. The van der Waals surface area contributed by atoms with Crippen LogP contribution in [0.1, 0.15) is 25.7 Å². The molecular formula is C15H19N3O4. The molecule has 1 aliphatic rings. The lowest BCUT2D eigenvalue weighted by molar-refractivity contribution is -0.143. The van der Waals surface area contributed by atoms with E-state index in [9.17, 15) is 14.4 Å². The highest BCUT2D eigenvalue weighted by Gasteiger charge is 2.29. The summed E-state index contributed by atoms with van der Waals surface area (Å²) < 4.78 is 0. The number of carboxylic acids is 1. The van der Waals surface area contributed by atoms with Crippen molar-refractivity contribution in [3.05, 3.63) is 24.3 Å². The maximum atomic E-state index is 12.2. The van der Waals surface area contributed by atoms with E-state index in [2.05, 4.69) is 10.6 Å². The van der Waals surface area contributed by atoms with Gasteiger partial charge in [-0.2, -0.15) is 0 Å². The van der Waals surface area contributed by atoms with Crippen molar-refractivity contribution in [1.82, 2.24) is 0 Å². The van der Waals surface area contributed by atoms with E-state index in [1.165, 1.54) is 0 Å². The molecule has 1 aromatic rings. The first-order valence-electron chi connectivity index (χ1n) is 7.16. The first kappa shape index (κ1) is 15.8. The number of urea groups is 1. The number of carbonyl (C=O) groups is 3. The number of benzene rings is 1. The molecular weight excluding hydrogens is 286 g/mol. The number of rotatable bonds is 4. The van der Waals surface area contributed by atoms with Crippen LogP contribution < -0.4 is 16.4 Å². The third-order valence-corrected chi connectivity index (χ3v) is 3.84. The SMILES string of the molecule is NC(=O)Nc1cccc(NC(=O)C2CCC(C(=O)O)CC2)c1. The van der Waals surface area contributed by atoms with Crippen LogP contribution in [0.5, 0.6) is 0 Å². The van der Waals surface area contributed by atoms with E-state index in [0.29, 0.717) is 37.1 Å². The standard InChI is InChI=1S/C15H19N3O4/c16-15(22)18-12-3-1-2-11(8-12)17-13(19)9-4-6-10(7-5-9)14(20)21/h1-3,8-10H,4-7H2,(H,17,19)(H,20,21)(H3,16,18,22). The number of hydrogen-bond donors (Lipinski definition) is 4.